The van der Waals surface area contributed by atoms with E-state index in [2.05, 4.69) is 17.4 Å². The van der Waals surface area contributed by atoms with Crippen molar-refractivity contribution in [2.45, 2.75) is 13.1 Å². The molecule has 2 aromatic rings. The normalized spacial score (nSPS) is 9.40. The van der Waals surface area contributed by atoms with Crippen molar-refractivity contribution in [2.24, 2.45) is 0 Å². The van der Waals surface area contributed by atoms with Crippen LogP contribution in [0.3, 0.4) is 0 Å². The third-order valence-corrected chi connectivity index (χ3v) is 2.23. The minimum atomic E-state index is -1.82. The summed E-state index contributed by atoms with van der Waals surface area (Å²) >= 11 is 0. The van der Waals surface area contributed by atoms with Gasteiger partial charge in [-0.05, 0) is 17.7 Å². The van der Waals surface area contributed by atoms with Gasteiger partial charge in [-0.2, -0.15) is 0 Å². The van der Waals surface area contributed by atoms with Gasteiger partial charge >= 0.3 is 11.9 Å². The number of carbonyl (C=O) groups is 2. The molecule has 0 radical (unpaired) electrons. The van der Waals surface area contributed by atoms with Crippen molar-refractivity contribution in [1.82, 2.24) is 5.32 Å². The third kappa shape index (κ3) is 6.36. The Morgan fingerprint density at radius 3 is 2.10 bits per heavy atom. The molecule has 6 heteroatoms. The maximum absolute atomic E-state index is 9.10. The first-order chi connectivity index (χ1) is 9.59. The van der Waals surface area contributed by atoms with Crippen LogP contribution in [0.15, 0.2) is 53.1 Å². The molecule has 0 amide bonds. The van der Waals surface area contributed by atoms with Gasteiger partial charge in [0.25, 0.3) is 0 Å². The van der Waals surface area contributed by atoms with Gasteiger partial charge in [0.05, 0.1) is 12.8 Å². The summed E-state index contributed by atoms with van der Waals surface area (Å²) in [6.45, 7) is 1.66. The van der Waals surface area contributed by atoms with Crippen LogP contribution in [0.4, 0.5) is 0 Å². The maximum Gasteiger partial charge on any atom is 0.414 e. The lowest BCUT2D eigenvalue weighted by Crippen LogP contribution is -2.11. The number of benzene rings is 1. The zero-order chi connectivity index (χ0) is 14.8. The first-order valence-electron chi connectivity index (χ1n) is 5.83. The van der Waals surface area contributed by atoms with E-state index in [0.717, 1.165) is 18.8 Å². The average Bonchev–Trinajstić information content (AvgIpc) is 2.94. The highest BCUT2D eigenvalue weighted by Crippen LogP contribution is 2.01. The van der Waals surface area contributed by atoms with Gasteiger partial charge in [0.2, 0.25) is 0 Å². The molecule has 106 valence electrons. The summed E-state index contributed by atoms with van der Waals surface area (Å²) in [7, 11) is 0. The number of carboxylic acid groups (broad SMARTS) is 2. The van der Waals surface area contributed by atoms with Crippen LogP contribution >= 0.6 is 0 Å². The molecule has 0 aliphatic rings. The Bertz CT molecular complexity index is 510. The summed E-state index contributed by atoms with van der Waals surface area (Å²) in [5.41, 5.74) is 1.29. The standard InChI is InChI=1S/C12H13NO.C2H2O4/c1-2-5-11(6-3-1)9-13-10-12-7-4-8-14-12;3-1(4)2(5)6/h1-8,13H,9-10H2;(H,3,4)(H,5,6). The third-order valence-electron chi connectivity index (χ3n) is 2.23. The number of rotatable bonds is 4. The lowest BCUT2D eigenvalue weighted by molar-refractivity contribution is -0.159. The van der Waals surface area contributed by atoms with E-state index in [1.807, 2.05) is 30.3 Å². The van der Waals surface area contributed by atoms with E-state index in [1.165, 1.54) is 5.56 Å². The molecule has 1 aromatic heterocycles. The Morgan fingerprint density at radius 1 is 0.950 bits per heavy atom. The Balaban J connectivity index is 0.000000286. The van der Waals surface area contributed by atoms with Gasteiger partial charge in [0, 0.05) is 6.54 Å². The first kappa shape index (κ1) is 15.5. The Morgan fingerprint density at radius 2 is 1.60 bits per heavy atom. The molecule has 0 spiro atoms. The van der Waals surface area contributed by atoms with Crippen molar-refractivity contribution >= 4 is 11.9 Å². The van der Waals surface area contributed by atoms with Crippen LogP contribution in [-0.4, -0.2) is 22.2 Å². The minimum Gasteiger partial charge on any atom is -0.473 e. The Hall–Kier alpha value is -2.60. The molecule has 1 aromatic carbocycles. The monoisotopic (exact) mass is 277 g/mol. The highest BCUT2D eigenvalue weighted by atomic mass is 16.4. The Kier molecular flexibility index (Phi) is 6.56. The van der Waals surface area contributed by atoms with Crippen LogP contribution in [0.1, 0.15) is 11.3 Å². The molecule has 3 N–H and O–H groups in total. The van der Waals surface area contributed by atoms with E-state index in [4.69, 9.17) is 24.2 Å². The second kappa shape index (κ2) is 8.49. The molecule has 1 heterocycles. The molecule has 0 unspecified atom stereocenters. The Labute approximate surface area is 115 Å². The van der Waals surface area contributed by atoms with E-state index in [1.54, 1.807) is 6.26 Å². The SMILES string of the molecule is O=C(O)C(=O)O.c1ccc(CNCc2ccco2)cc1. The van der Waals surface area contributed by atoms with Crippen LogP contribution < -0.4 is 5.32 Å². The number of furan rings is 1. The largest absolute Gasteiger partial charge is 0.473 e. The van der Waals surface area contributed by atoms with Crippen molar-refractivity contribution in [1.29, 1.82) is 0 Å². The summed E-state index contributed by atoms with van der Waals surface area (Å²) in [6, 6.07) is 14.2. The van der Waals surface area contributed by atoms with Crippen LogP contribution in [0.25, 0.3) is 0 Å². The highest BCUT2D eigenvalue weighted by Gasteiger charge is 2.04. The van der Waals surface area contributed by atoms with Gasteiger partial charge in [-0.15, -0.1) is 0 Å². The van der Waals surface area contributed by atoms with E-state index in [0.29, 0.717) is 0 Å². The topological polar surface area (TPSA) is 99.8 Å². The fraction of sp³-hybridized carbons (Fsp3) is 0.143. The zero-order valence-electron chi connectivity index (χ0n) is 10.7. The van der Waals surface area contributed by atoms with Gasteiger partial charge in [-0.25, -0.2) is 9.59 Å². The van der Waals surface area contributed by atoms with Crippen LogP contribution in [0, 0.1) is 0 Å². The predicted octanol–water partition coefficient (Wildman–Crippen LogP) is 1.72. The van der Waals surface area contributed by atoms with Crippen LogP contribution in [0.5, 0.6) is 0 Å². The van der Waals surface area contributed by atoms with Gasteiger partial charge in [0.15, 0.2) is 0 Å². The number of nitrogens with one attached hydrogen (secondary N) is 1. The quantitative estimate of drug-likeness (QED) is 0.736. The molecule has 0 bridgehead atoms. The number of hydrogen-bond acceptors (Lipinski definition) is 4. The lowest BCUT2D eigenvalue weighted by atomic mass is 10.2. The molecule has 6 nitrogen and oxygen atoms in total. The average molecular weight is 277 g/mol. The van der Waals surface area contributed by atoms with E-state index >= 15 is 0 Å². The van der Waals surface area contributed by atoms with Crippen LogP contribution in [-0.2, 0) is 22.7 Å². The zero-order valence-corrected chi connectivity index (χ0v) is 10.7. The summed E-state index contributed by atoms with van der Waals surface area (Å²) in [6.07, 6.45) is 1.69. The maximum atomic E-state index is 9.10. The molecule has 0 fully saturated rings. The smallest absolute Gasteiger partial charge is 0.414 e. The second-order valence-electron chi connectivity index (χ2n) is 3.78. The first-order valence-corrected chi connectivity index (χ1v) is 5.83. The fourth-order valence-electron chi connectivity index (χ4n) is 1.34. The van der Waals surface area contributed by atoms with E-state index < -0.39 is 11.9 Å². The van der Waals surface area contributed by atoms with Gasteiger partial charge in [-0.1, -0.05) is 30.3 Å². The van der Waals surface area contributed by atoms with E-state index in [9.17, 15) is 0 Å². The minimum absolute atomic E-state index is 0.780. The molecule has 0 aliphatic carbocycles. The summed E-state index contributed by atoms with van der Waals surface area (Å²) in [5.74, 6) is -2.68. The molecule has 20 heavy (non-hydrogen) atoms. The molecule has 2 rings (SSSR count). The molecule has 0 aliphatic heterocycles. The number of aliphatic carboxylic acids is 2. The van der Waals surface area contributed by atoms with Crippen molar-refractivity contribution in [3.63, 3.8) is 0 Å². The fourth-order valence-corrected chi connectivity index (χ4v) is 1.34. The van der Waals surface area contributed by atoms with Crippen LogP contribution in [0.2, 0.25) is 0 Å². The van der Waals surface area contributed by atoms with Crippen molar-refractivity contribution < 1.29 is 24.2 Å². The predicted molar refractivity (Wildman–Crippen MR) is 71.0 cm³/mol. The van der Waals surface area contributed by atoms with Crippen molar-refractivity contribution in [3.05, 3.63) is 60.1 Å². The number of hydrogen-bond donors (Lipinski definition) is 3. The second-order valence-corrected chi connectivity index (χ2v) is 3.78. The molecule has 0 saturated carbocycles. The molecular formula is C14H15NO5. The molecule has 0 atom stereocenters. The summed E-state index contributed by atoms with van der Waals surface area (Å²) in [5, 5.41) is 18.1. The molecular weight excluding hydrogens is 262 g/mol. The highest BCUT2D eigenvalue weighted by molar-refractivity contribution is 6.27. The summed E-state index contributed by atoms with van der Waals surface area (Å²) in [4.78, 5) is 18.2. The number of carboxylic acids is 2. The lowest BCUT2D eigenvalue weighted by Gasteiger charge is -2.01. The van der Waals surface area contributed by atoms with Gasteiger partial charge < -0.3 is 19.9 Å². The van der Waals surface area contributed by atoms with E-state index in [-0.39, 0.29) is 0 Å². The van der Waals surface area contributed by atoms with Gasteiger partial charge in [0.1, 0.15) is 5.76 Å². The van der Waals surface area contributed by atoms with Crippen molar-refractivity contribution in [2.75, 3.05) is 0 Å². The summed E-state index contributed by atoms with van der Waals surface area (Å²) < 4.78 is 5.21. The molecule has 0 saturated heterocycles. The van der Waals surface area contributed by atoms with Gasteiger partial charge in [-0.3, -0.25) is 0 Å². The van der Waals surface area contributed by atoms with Crippen molar-refractivity contribution in [3.8, 4) is 0 Å².